The Bertz CT molecular complexity index is 1440. The lowest BCUT2D eigenvalue weighted by Crippen LogP contribution is -2.33. The van der Waals surface area contributed by atoms with Gasteiger partial charge in [0.15, 0.2) is 0 Å². The van der Waals surface area contributed by atoms with Gasteiger partial charge in [-0.25, -0.2) is 4.39 Å². The summed E-state index contributed by atoms with van der Waals surface area (Å²) in [4.78, 5) is 14.8. The summed E-state index contributed by atoms with van der Waals surface area (Å²) >= 11 is 0. The van der Waals surface area contributed by atoms with Gasteiger partial charge >= 0.3 is 10.1 Å². The number of amides is 1. The molecule has 0 atom stereocenters. The van der Waals surface area contributed by atoms with Crippen LogP contribution in [-0.4, -0.2) is 39.5 Å². The number of halogens is 1. The van der Waals surface area contributed by atoms with Crippen molar-refractivity contribution >= 4 is 26.8 Å². The summed E-state index contributed by atoms with van der Waals surface area (Å²) in [5, 5.41) is 2.01. The van der Waals surface area contributed by atoms with E-state index in [4.69, 9.17) is 8.92 Å². The molecule has 0 heterocycles. The molecule has 4 rings (SSSR count). The first-order chi connectivity index (χ1) is 16.9. The Labute approximate surface area is 203 Å². The summed E-state index contributed by atoms with van der Waals surface area (Å²) in [6, 6.07) is 24.3. The molecule has 0 aliphatic carbocycles. The predicted molar refractivity (Wildman–Crippen MR) is 131 cm³/mol. The molecular formula is C27H24FNO5S. The Morgan fingerprint density at radius 1 is 0.886 bits per heavy atom. The van der Waals surface area contributed by atoms with Crippen LogP contribution in [0.4, 0.5) is 4.39 Å². The van der Waals surface area contributed by atoms with Crippen molar-refractivity contribution in [2.75, 3.05) is 20.3 Å². The first-order valence-corrected chi connectivity index (χ1v) is 12.3. The highest BCUT2D eigenvalue weighted by atomic mass is 32.2. The monoisotopic (exact) mass is 493 g/mol. The van der Waals surface area contributed by atoms with Gasteiger partial charge in [0.1, 0.15) is 16.5 Å². The molecule has 0 unspecified atom stereocenters. The van der Waals surface area contributed by atoms with Crippen molar-refractivity contribution in [1.82, 2.24) is 4.90 Å². The molecule has 35 heavy (non-hydrogen) atoms. The van der Waals surface area contributed by atoms with Crippen LogP contribution < -0.4 is 4.18 Å². The quantitative estimate of drug-likeness (QED) is 0.306. The maximum Gasteiger partial charge on any atom is 0.339 e. The van der Waals surface area contributed by atoms with Crippen LogP contribution in [0.2, 0.25) is 0 Å². The number of carbonyl (C=O) groups is 1. The van der Waals surface area contributed by atoms with E-state index in [-0.39, 0.29) is 23.1 Å². The molecule has 4 aromatic carbocycles. The fourth-order valence-electron chi connectivity index (χ4n) is 3.65. The molecule has 0 spiro atoms. The molecule has 6 nitrogen and oxygen atoms in total. The molecule has 0 aliphatic heterocycles. The maximum absolute atomic E-state index is 13.3. The predicted octanol–water partition coefficient (Wildman–Crippen LogP) is 5.04. The number of rotatable bonds is 9. The van der Waals surface area contributed by atoms with E-state index in [1.807, 2.05) is 36.4 Å². The van der Waals surface area contributed by atoms with Crippen LogP contribution in [0.3, 0.4) is 0 Å². The summed E-state index contributed by atoms with van der Waals surface area (Å²) in [7, 11) is -2.57. The minimum atomic E-state index is -4.14. The molecule has 0 saturated heterocycles. The van der Waals surface area contributed by atoms with Crippen LogP contribution >= 0.6 is 0 Å². The van der Waals surface area contributed by atoms with Crippen molar-refractivity contribution in [3.8, 4) is 5.75 Å². The number of benzene rings is 4. The average Bonchev–Trinajstić information content (AvgIpc) is 2.86. The molecular weight excluding hydrogens is 469 g/mol. The van der Waals surface area contributed by atoms with E-state index in [1.165, 1.54) is 6.07 Å². The normalized spacial score (nSPS) is 11.4. The Morgan fingerprint density at radius 3 is 2.37 bits per heavy atom. The molecule has 180 valence electrons. The lowest BCUT2D eigenvalue weighted by atomic mass is 10.1. The number of fused-ring (bicyclic) bond motifs is 1. The fraction of sp³-hybridized carbons (Fsp3) is 0.148. The van der Waals surface area contributed by atoms with Gasteiger partial charge < -0.3 is 13.8 Å². The Balaban J connectivity index is 1.55. The molecule has 8 heteroatoms. The number of hydrogen-bond donors (Lipinski definition) is 0. The Kier molecular flexibility index (Phi) is 7.43. The summed E-state index contributed by atoms with van der Waals surface area (Å²) in [6.07, 6.45) is 0. The molecule has 0 saturated carbocycles. The van der Waals surface area contributed by atoms with Crippen LogP contribution in [0.15, 0.2) is 95.9 Å². The molecule has 0 bridgehead atoms. The third-order valence-electron chi connectivity index (χ3n) is 5.43. The molecule has 0 aliphatic rings. The zero-order chi connectivity index (χ0) is 24.8. The minimum absolute atomic E-state index is 0.0941. The van der Waals surface area contributed by atoms with Crippen molar-refractivity contribution in [3.05, 3.63) is 108 Å². The van der Waals surface area contributed by atoms with Crippen LogP contribution in [0.25, 0.3) is 10.8 Å². The molecule has 0 N–H and O–H groups in total. The van der Waals surface area contributed by atoms with Gasteiger partial charge in [0, 0.05) is 25.8 Å². The summed E-state index contributed by atoms with van der Waals surface area (Å²) < 4.78 is 48.7. The standard InChI is InChI=1S/C27H24FNO5S/c1-33-16-15-29(27(30)23-10-9-21-6-2-3-7-22(21)18-23)19-20-5-4-8-25(17-20)34-35(31,32)26-13-11-24(28)12-14-26/h2-14,17-18H,15-16,19H2,1H3. The van der Waals surface area contributed by atoms with Crippen LogP contribution in [0.5, 0.6) is 5.75 Å². The second-order valence-corrected chi connectivity index (χ2v) is 9.47. The van der Waals surface area contributed by atoms with Crippen LogP contribution in [0.1, 0.15) is 15.9 Å². The van der Waals surface area contributed by atoms with E-state index in [0.29, 0.717) is 24.3 Å². The van der Waals surface area contributed by atoms with Crippen LogP contribution in [0, 0.1) is 5.82 Å². The van der Waals surface area contributed by atoms with Gasteiger partial charge in [-0.3, -0.25) is 4.79 Å². The molecule has 1 amide bonds. The number of nitrogens with zero attached hydrogens (tertiary/aromatic N) is 1. The molecule has 4 aromatic rings. The summed E-state index contributed by atoms with van der Waals surface area (Å²) in [5.74, 6) is -0.618. The topological polar surface area (TPSA) is 72.9 Å². The smallest absolute Gasteiger partial charge is 0.339 e. The van der Waals surface area contributed by atoms with Gasteiger partial charge in [0.25, 0.3) is 5.91 Å². The highest BCUT2D eigenvalue weighted by Crippen LogP contribution is 2.22. The van der Waals surface area contributed by atoms with Crippen molar-refractivity contribution in [3.63, 3.8) is 0 Å². The van der Waals surface area contributed by atoms with Gasteiger partial charge in [0.05, 0.1) is 6.61 Å². The maximum atomic E-state index is 13.3. The van der Waals surface area contributed by atoms with Gasteiger partial charge in [-0.05, 0) is 64.9 Å². The summed E-state index contributed by atoms with van der Waals surface area (Å²) in [6.45, 7) is 0.915. The van der Waals surface area contributed by atoms with Gasteiger partial charge in [-0.1, -0.05) is 42.5 Å². The first-order valence-electron chi connectivity index (χ1n) is 10.9. The van der Waals surface area contributed by atoms with E-state index in [9.17, 15) is 17.6 Å². The van der Waals surface area contributed by atoms with Gasteiger partial charge in [-0.15, -0.1) is 0 Å². The molecule has 0 aromatic heterocycles. The summed E-state index contributed by atoms with van der Waals surface area (Å²) in [5.41, 5.74) is 1.23. The third kappa shape index (κ3) is 6.03. The number of ether oxygens (including phenoxy) is 1. The van der Waals surface area contributed by atoms with Crippen molar-refractivity contribution in [1.29, 1.82) is 0 Å². The lowest BCUT2D eigenvalue weighted by molar-refractivity contribution is 0.0680. The van der Waals surface area contributed by atoms with Crippen molar-refractivity contribution in [2.45, 2.75) is 11.4 Å². The van der Waals surface area contributed by atoms with Crippen molar-refractivity contribution < 1.29 is 26.5 Å². The van der Waals surface area contributed by atoms with Gasteiger partial charge in [0.2, 0.25) is 0 Å². The van der Waals surface area contributed by atoms with E-state index < -0.39 is 15.9 Å². The van der Waals surface area contributed by atoms with E-state index >= 15 is 0 Å². The average molecular weight is 494 g/mol. The molecule has 0 radical (unpaired) electrons. The van der Waals surface area contributed by atoms with Gasteiger partial charge in [-0.2, -0.15) is 8.42 Å². The second-order valence-electron chi connectivity index (χ2n) is 7.92. The van der Waals surface area contributed by atoms with Crippen LogP contribution in [-0.2, 0) is 21.4 Å². The number of methoxy groups -OCH3 is 1. The Morgan fingerprint density at radius 2 is 1.63 bits per heavy atom. The fourth-order valence-corrected chi connectivity index (χ4v) is 4.57. The highest BCUT2D eigenvalue weighted by Gasteiger charge is 2.19. The minimum Gasteiger partial charge on any atom is -0.383 e. The number of carbonyl (C=O) groups excluding carboxylic acids is 1. The zero-order valence-electron chi connectivity index (χ0n) is 19.1. The molecule has 0 fully saturated rings. The van der Waals surface area contributed by atoms with E-state index in [1.54, 1.807) is 36.3 Å². The number of hydrogen-bond acceptors (Lipinski definition) is 5. The SMILES string of the molecule is COCCN(Cc1cccc(OS(=O)(=O)c2ccc(F)cc2)c1)C(=O)c1ccc2ccccc2c1. The second kappa shape index (κ2) is 10.7. The third-order valence-corrected chi connectivity index (χ3v) is 6.69. The van der Waals surface area contributed by atoms with E-state index in [2.05, 4.69) is 0 Å². The largest absolute Gasteiger partial charge is 0.383 e. The zero-order valence-corrected chi connectivity index (χ0v) is 19.9. The lowest BCUT2D eigenvalue weighted by Gasteiger charge is -2.23. The van der Waals surface area contributed by atoms with E-state index in [0.717, 1.165) is 35.0 Å². The highest BCUT2D eigenvalue weighted by molar-refractivity contribution is 7.87. The Hall–Kier alpha value is -3.75. The first kappa shape index (κ1) is 24.4. The van der Waals surface area contributed by atoms with Crippen molar-refractivity contribution in [2.24, 2.45) is 0 Å².